The zero-order valence-corrected chi connectivity index (χ0v) is 8.58. The Morgan fingerprint density at radius 2 is 2.08 bits per heavy atom. The molecule has 0 aliphatic heterocycles. The molecule has 1 rings (SSSR count). The lowest BCUT2D eigenvalue weighted by Gasteiger charge is -2.03. The lowest BCUT2D eigenvalue weighted by molar-refractivity contribution is 0.414. The third-order valence-corrected chi connectivity index (χ3v) is 1.64. The van der Waals surface area contributed by atoms with Crippen molar-refractivity contribution in [2.24, 2.45) is 5.73 Å². The molecule has 0 heterocycles. The second-order valence-corrected chi connectivity index (χ2v) is 2.73. The van der Waals surface area contributed by atoms with Gasteiger partial charge in [-0.15, -0.1) is 12.4 Å². The lowest BCUT2D eigenvalue weighted by Crippen LogP contribution is -2.10. The minimum absolute atomic E-state index is 0. The number of nitrogen functional groups attached to an aromatic ring is 1. The molecular formula is C8H10Cl2N2O. The Hall–Kier alpha value is -0.930. The third kappa shape index (κ3) is 3.13. The van der Waals surface area contributed by atoms with E-state index in [1.165, 1.54) is 7.11 Å². The van der Waals surface area contributed by atoms with Crippen LogP contribution in [0.3, 0.4) is 0 Å². The van der Waals surface area contributed by atoms with Crippen LogP contribution in [-0.4, -0.2) is 12.9 Å². The molecule has 0 aliphatic carbocycles. The van der Waals surface area contributed by atoms with Crippen LogP contribution in [0.1, 0.15) is 5.56 Å². The molecule has 0 atom stereocenters. The number of methoxy groups -OCH3 is 1. The summed E-state index contributed by atoms with van der Waals surface area (Å²) < 4.78 is 4.95. The molecule has 0 saturated heterocycles. The molecule has 0 saturated carbocycles. The molecule has 5 heteroatoms. The van der Waals surface area contributed by atoms with Crippen molar-refractivity contribution in [3.8, 4) is 5.75 Å². The molecule has 0 spiro atoms. The summed E-state index contributed by atoms with van der Waals surface area (Å²) in [4.78, 5) is 0. The van der Waals surface area contributed by atoms with E-state index in [1.54, 1.807) is 18.2 Å². The molecular weight excluding hydrogens is 211 g/mol. The molecule has 0 bridgehead atoms. The van der Waals surface area contributed by atoms with E-state index in [2.05, 4.69) is 0 Å². The average Bonchev–Trinajstić information content (AvgIpc) is 2.03. The first kappa shape index (κ1) is 12.1. The second-order valence-electron chi connectivity index (χ2n) is 2.29. The highest BCUT2D eigenvalue weighted by Gasteiger charge is 2.01. The highest BCUT2D eigenvalue weighted by Crippen LogP contribution is 2.20. The molecule has 0 radical (unpaired) electrons. The van der Waals surface area contributed by atoms with Gasteiger partial charge < -0.3 is 10.5 Å². The fraction of sp³-hybridized carbons (Fsp3) is 0.125. The van der Waals surface area contributed by atoms with Gasteiger partial charge in [-0.1, -0.05) is 11.6 Å². The van der Waals surface area contributed by atoms with Crippen molar-refractivity contribution in [2.75, 3.05) is 7.11 Å². The predicted molar refractivity (Wildman–Crippen MR) is 56.3 cm³/mol. The fourth-order valence-electron chi connectivity index (χ4n) is 0.836. The molecule has 3 nitrogen and oxygen atoms in total. The Bertz CT molecular complexity index is 315. The van der Waals surface area contributed by atoms with E-state index in [0.717, 1.165) is 0 Å². The molecule has 0 unspecified atom stereocenters. The van der Waals surface area contributed by atoms with Crippen molar-refractivity contribution in [1.29, 1.82) is 5.41 Å². The maximum atomic E-state index is 7.17. The van der Waals surface area contributed by atoms with Gasteiger partial charge in [0.05, 0.1) is 7.11 Å². The smallest absolute Gasteiger partial charge is 0.122 e. The van der Waals surface area contributed by atoms with Crippen LogP contribution in [-0.2, 0) is 0 Å². The van der Waals surface area contributed by atoms with E-state index in [4.69, 9.17) is 27.5 Å². The number of rotatable bonds is 2. The fourth-order valence-corrected chi connectivity index (χ4v) is 1.06. The van der Waals surface area contributed by atoms with Gasteiger partial charge in [0.25, 0.3) is 0 Å². The monoisotopic (exact) mass is 220 g/mol. The zero-order chi connectivity index (χ0) is 9.14. The predicted octanol–water partition coefficient (Wildman–Crippen LogP) is 2.05. The molecule has 0 amide bonds. The SMILES string of the molecule is COc1cc(Cl)cc(C(=N)N)c1.Cl. The van der Waals surface area contributed by atoms with Crippen LogP contribution in [0.4, 0.5) is 0 Å². The van der Waals surface area contributed by atoms with Crippen LogP contribution < -0.4 is 10.5 Å². The quantitative estimate of drug-likeness (QED) is 0.593. The first-order chi connectivity index (χ1) is 5.63. The normalized spacial score (nSPS) is 8.77. The maximum absolute atomic E-state index is 7.17. The first-order valence-electron chi connectivity index (χ1n) is 3.32. The summed E-state index contributed by atoms with van der Waals surface area (Å²) in [6, 6.07) is 4.94. The van der Waals surface area contributed by atoms with E-state index >= 15 is 0 Å². The summed E-state index contributed by atoms with van der Waals surface area (Å²) in [5, 5.41) is 7.68. The standard InChI is InChI=1S/C8H9ClN2O.ClH/c1-12-7-3-5(8(10)11)2-6(9)4-7;/h2-4H,1H3,(H3,10,11);1H. The zero-order valence-electron chi connectivity index (χ0n) is 7.00. The van der Waals surface area contributed by atoms with E-state index < -0.39 is 0 Å². The molecule has 0 aliphatic rings. The number of hydrogen-bond acceptors (Lipinski definition) is 2. The van der Waals surface area contributed by atoms with Crippen LogP contribution in [0, 0.1) is 5.41 Å². The molecule has 72 valence electrons. The van der Waals surface area contributed by atoms with Gasteiger partial charge in [0, 0.05) is 10.6 Å². The number of nitrogens with two attached hydrogens (primary N) is 1. The summed E-state index contributed by atoms with van der Waals surface area (Å²) >= 11 is 5.74. The van der Waals surface area contributed by atoms with Crippen LogP contribution in [0.2, 0.25) is 5.02 Å². The van der Waals surface area contributed by atoms with Gasteiger partial charge in [-0.25, -0.2) is 0 Å². The number of nitrogens with one attached hydrogen (secondary N) is 1. The van der Waals surface area contributed by atoms with Gasteiger partial charge in [-0.05, 0) is 18.2 Å². The van der Waals surface area contributed by atoms with Crippen LogP contribution >= 0.6 is 24.0 Å². The molecule has 0 fully saturated rings. The Morgan fingerprint density at radius 3 is 2.54 bits per heavy atom. The Morgan fingerprint density at radius 1 is 1.46 bits per heavy atom. The number of halogens is 2. The summed E-state index contributed by atoms with van der Waals surface area (Å²) in [7, 11) is 1.54. The van der Waals surface area contributed by atoms with Gasteiger partial charge in [0.1, 0.15) is 11.6 Å². The van der Waals surface area contributed by atoms with E-state index in [9.17, 15) is 0 Å². The minimum Gasteiger partial charge on any atom is -0.497 e. The second kappa shape index (κ2) is 4.94. The molecule has 13 heavy (non-hydrogen) atoms. The van der Waals surface area contributed by atoms with Gasteiger partial charge in [-0.3, -0.25) is 5.41 Å². The minimum atomic E-state index is -0.0178. The number of benzene rings is 1. The first-order valence-corrected chi connectivity index (χ1v) is 3.70. The summed E-state index contributed by atoms with van der Waals surface area (Å²) in [5.41, 5.74) is 5.84. The Kier molecular flexibility index (Phi) is 4.59. The van der Waals surface area contributed by atoms with Crippen molar-refractivity contribution in [3.63, 3.8) is 0 Å². The number of amidine groups is 1. The van der Waals surface area contributed by atoms with E-state index in [0.29, 0.717) is 16.3 Å². The van der Waals surface area contributed by atoms with Crippen LogP contribution in [0.25, 0.3) is 0 Å². The number of ether oxygens (including phenoxy) is 1. The molecule has 1 aromatic rings. The van der Waals surface area contributed by atoms with Crippen LogP contribution in [0.5, 0.6) is 5.75 Å². The van der Waals surface area contributed by atoms with Crippen molar-refractivity contribution in [3.05, 3.63) is 28.8 Å². The number of hydrogen-bond donors (Lipinski definition) is 2. The van der Waals surface area contributed by atoms with Crippen molar-refractivity contribution in [2.45, 2.75) is 0 Å². The largest absolute Gasteiger partial charge is 0.497 e. The molecule has 1 aromatic carbocycles. The van der Waals surface area contributed by atoms with Crippen molar-refractivity contribution < 1.29 is 4.74 Å². The summed E-state index contributed by atoms with van der Waals surface area (Å²) in [6.07, 6.45) is 0. The highest BCUT2D eigenvalue weighted by atomic mass is 35.5. The van der Waals surface area contributed by atoms with Crippen LogP contribution in [0.15, 0.2) is 18.2 Å². The van der Waals surface area contributed by atoms with Gasteiger partial charge in [0.15, 0.2) is 0 Å². The average molecular weight is 221 g/mol. The molecule has 0 aromatic heterocycles. The summed E-state index contributed by atoms with van der Waals surface area (Å²) in [5.74, 6) is 0.587. The van der Waals surface area contributed by atoms with Gasteiger partial charge in [0.2, 0.25) is 0 Å². The third-order valence-electron chi connectivity index (χ3n) is 1.42. The highest BCUT2D eigenvalue weighted by molar-refractivity contribution is 6.31. The van der Waals surface area contributed by atoms with Gasteiger partial charge in [-0.2, -0.15) is 0 Å². The Labute approximate surface area is 87.8 Å². The topological polar surface area (TPSA) is 59.1 Å². The van der Waals surface area contributed by atoms with E-state index in [-0.39, 0.29) is 18.2 Å². The molecule has 3 N–H and O–H groups in total. The van der Waals surface area contributed by atoms with Crippen molar-refractivity contribution >= 4 is 29.8 Å². The van der Waals surface area contributed by atoms with Gasteiger partial charge >= 0.3 is 0 Å². The Balaban J connectivity index is 0.00000144. The van der Waals surface area contributed by atoms with Crippen molar-refractivity contribution in [1.82, 2.24) is 0 Å². The maximum Gasteiger partial charge on any atom is 0.122 e. The summed E-state index contributed by atoms with van der Waals surface area (Å²) in [6.45, 7) is 0. The lowest BCUT2D eigenvalue weighted by atomic mass is 10.2. The van der Waals surface area contributed by atoms with E-state index in [1.807, 2.05) is 0 Å².